The third-order valence-corrected chi connectivity index (χ3v) is 3.44. The second-order valence-electron chi connectivity index (χ2n) is 4.30. The number of benzene rings is 1. The van der Waals surface area contributed by atoms with Crippen molar-refractivity contribution in [3.63, 3.8) is 0 Å². The second kappa shape index (κ2) is 9.14. The summed E-state index contributed by atoms with van der Waals surface area (Å²) in [7, 11) is 1.77. The summed E-state index contributed by atoms with van der Waals surface area (Å²) in [5.41, 5.74) is 2.65. The monoisotopic (exact) mass is 405 g/mol. The maximum Gasteiger partial charge on any atom is 0.419 e. The summed E-state index contributed by atoms with van der Waals surface area (Å²) in [4.78, 5) is 8.94. The molecular formula is C15H15BrF3N3O2. The lowest BCUT2D eigenvalue weighted by molar-refractivity contribution is -0.137. The predicted octanol–water partition coefficient (Wildman–Crippen LogP) is 3.88. The van der Waals surface area contributed by atoms with Crippen molar-refractivity contribution in [1.82, 2.24) is 5.43 Å². The lowest BCUT2D eigenvalue weighted by Gasteiger charge is -2.06. The first kappa shape index (κ1) is 19.8. The average molecular weight is 406 g/mol. The SMILES string of the molecule is CNc1cccc(Br)c1/C=C/c1cc(C(F)(F)F)co1.NNC=O. The first-order valence-corrected chi connectivity index (χ1v) is 7.32. The molecule has 1 amide bonds. The van der Waals surface area contributed by atoms with E-state index in [0.717, 1.165) is 21.8 Å². The van der Waals surface area contributed by atoms with Gasteiger partial charge in [0.15, 0.2) is 0 Å². The highest BCUT2D eigenvalue weighted by atomic mass is 79.9. The predicted molar refractivity (Wildman–Crippen MR) is 89.7 cm³/mol. The largest absolute Gasteiger partial charge is 0.464 e. The Hall–Kier alpha value is -2.26. The van der Waals surface area contributed by atoms with E-state index in [0.29, 0.717) is 12.7 Å². The Morgan fingerprint density at radius 2 is 1.96 bits per heavy atom. The van der Waals surface area contributed by atoms with E-state index in [1.54, 1.807) is 18.5 Å². The average Bonchev–Trinajstić information content (AvgIpc) is 3.03. The molecule has 5 nitrogen and oxygen atoms in total. The number of anilines is 1. The third-order valence-electron chi connectivity index (χ3n) is 2.75. The number of rotatable bonds is 4. The fourth-order valence-corrected chi connectivity index (χ4v) is 2.18. The number of alkyl halides is 3. The lowest BCUT2D eigenvalue weighted by atomic mass is 10.1. The van der Waals surface area contributed by atoms with Crippen LogP contribution in [-0.2, 0) is 11.0 Å². The molecule has 0 saturated carbocycles. The minimum absolute atomic E-state index is 0.148. The minimum Gasteiger partial charge on any atom is -0.464 e. The molecule has 0 spiro atoms. The van der Waals surface area contributed by atoms with Crippen LogP contribution in [0.5, 0.6) is 0 Å². The highest BCUT2D eigenvalue weighted by Crippen LogP contribution is 2.32. The molecule has 0 bridgehead atoms. The van der Waals surface area contributed by atoms with Crippen LogP contribution in [-0.4, -0.2) is 13.5 Å². The molecule has 1 aromatic heterocycles. The van der Waals surface area contributed by atoms with Crippen LogP contribution in [0.1, 0.15) is 16.9 Å². The van der Waals surface area contributed by atoms with Crippen molar-refractivity contribution in [2.75, 3.05) is 12.4 Å². The maximum atomic E-state index is 12.4. The van der Waals surface area contributed by atoms with Crippen LogP contribution in [0, 0.1) is 0 Å². The molecule has 4 N–H and O–H groups in total. The smallest absolute Gasteiger partial charge is 0.419 e. The summed E-state index contributed by atoms with van der Waals surface area (Å²) < 4.78 is 43.1. The zero-order valence-electron chi connectivity index (χ0n) is 12.5. The lowest BCUT2D eigenvalue weighted by Crippen LogP contribution is -2.18. The Morgan fingerprint density at radius 1 is 1.29 bits per heavy atom. The molecular weight excluding hydrogens is 391 g/mol. The van der Waals surface area contributed by atoms with Gasteiger partial charge < -0.3 is 9.73 Å². The Bertz CT molecular complexity index is 700. The number of hydrogen-bond donors (Lipinski definition) is 3. The van der Waals surface area contributed by atoms with E-state index in [1.807, 2.05) is 18.2 Å². The van der Waals surface area contributed by atoms with Crippen molar-refractivity contribution in [1.29, 1.82) is 0 Å². The Labute approximate surface area is 144 Å². The molecule has 0 atom stereocenters. The van der Waals surface area contributed by atoms with E-state index in [9.17, 15) is 13.2 Å². The van der Waals surface area contributed by atoms with Crippen LogP contribution in [0.4, 0.5) is 18.9 Å². The molecule has 1 aromatic carbocycles. The number of nitrogens with two attached hydrogens (primary N) is 1. The maximum absolute atomic E-state index is 12.4. The van der Waals surface area contributed by atoms with Gasteiger partial charge in [0.1, 0.15) is 12.0 Å². The van der Waals surface area contributed by atoms with Crippen LogP contribution in [0.15, 0.2) is 39.4 Å². The normalized spacial score (nSPS) is 10.9. The quantitative estimate of drug-likeness (QED) is 0.312. The standard InChI is InChI=1S/C14H11BrF3NO.CH4N2O/c1-19-13-4-2-3-12(15)11(13)6-5-10-7-9(8-20-10)14(16,17)18;2-3-1-4/h2-8,19H,1H3;1H,2H2,(H,3,4)/b6-5+;. The molecule has 0 fully saturated rings. The van der Waals surface area contributed by atoms with Gasteiger partial charge in [-0.25, -0.2) is 5.84 Å². The summed E-state index contributed by atoms with van der Waals surface area (Å²) in [5.74, 6) is 4.56. The van der Waals surface area contributed by atoms with Gasteiger partial charge in [-0.1, -0.05) is 22.0 Å². The number of furan rings is 1. The van der Waals surface area contributed by atoms with Crippen molar-refractivity contribution in [3.05, 3.63) is 51.9 Å². The molecule has 2 rings (SSSR count). The van der Waals surface area contributed by atoms with E-state index in [2.05, 4.69) is 27.1 Å². The van der Waals surface area contributed by atoms with Gasteiger partial charge >= 0.3 is 6.18 Å². The molecule has 130 valence electrons. The van der Waals surface area contributed by atoms with E-state index in [1.165, 1.54) is 6.08 Å². The van der Waals surface area contributed by atoms with Gasteiger partial charge in [0.25, 0.3) is 0 Å². The number of halogens is 4. The molecule has 9 heteroatoms. The van der Waals surface area contributed by atoms with Gasteiger partial charge in [-0.3, -0.25) is 10.2 Å². The van der Waals surface area contributed by atoms with Crippen LogP contribution < -0.4 is 16.6 Å². The molecule has 2 aromatic rings. The molecule has 0 aliphatic carbocycles. The number of hydrazine groups is 1. The Morgan fingerprint density at radius 3 is 2.46 bits per heavy atom. The summed E-state index contributed by atoms with van der Waals surface area (Å²) in [6.07, 6.45) is -0.0944. The molecule has 1 heterocycles. The van der Waals surface area contributed by atoms with Crippen molar-refractivity contribution < 1.29 is 22.4 Å². The van der Waals surface area contributed by atoms with Gasteiger partial charge in [-0.2, -0.15) is 13.2 Å². The zero-order valence-corrected chi connectivity index (χ0v) is 14.1. The first-order valence-electron chi connectivity index (χ1n) is 6.53. The van der Waals surface area contributed by atoms with Crippen LogP contribution in [0.25, 0.3) is 12.2 Å². The molecule has 0 unspecified atom stereocenters. The van der Waals surface area contributed by atoms with E-state index >= 15 is 0 Å². The molecule has 0 aliphatic heterocycles. The van der Waals surface area contributed by atoms with E-state index < -0.39 is 11.7 Å². The minimum atomic E-state index is -4.39. The number of amides is 1. The van der Waals surface area contributed by atoms with E-state index in [4.69, 9.17) is 9.21 Å². The molecule has 24 heavy (non-hydrogen) atoms. The number of carbonyl (C=O) groups excluding carboxylic acids is 1. The topological polar surface area (TPSA) is 80.3 Å². The number of carbonyl (C=O) groups is 1. The van der Waals surface area contributed by atoms with Crippen molar-refractivity contribution in [2.45, 2.75) is 6.18 Å². The fraction of sp³-hybridized carbons (Fsp3) is 0.133. The van der Waals surface area contributed by atoms with Gasteiger partial charge in [0, 0.05) is 22.8 Å². The van der Waals surface area contributed by atoms with Gasteiger partial charge in [-0.15, -0.1) is 0 Å². The third kappa shape index (κ3) is 5.74. The van der Waals surface area contributed by atoms with Gasteiger partial charge in [0.2, 0.25) is 6.41 Å². The van der Waals surface area contributed by atoms with Crippen molar-refractivity contribution in [2.24, 2.45) is 5.84 Å². The molecule has 0 aliphatic rings. The fourth-order valence-electron chi connectivity index (χ4n) is 1.68. The van der Waals surface area contributed by atoms with Crippen molar-refractivity contribution >= 4 is 40.2 Å². The summed E-state index contributed by atoms with van der Waals surface area (Å²) >= 11 is 3.40. The molecule has 0 radical (unpaired) electrons. The van der Waals surface area contributed by atoms with Crippen LogP contribution in [0.3, 0.4) is 0 Å². The highest BCUT2D eigenvalue weighted by Gasteiger charge is 2.32. The number of hydrogen-bond acceptors (Lipinski definition) is 4. The molecule has 0 saturated heterocycles. The number of nitrogens with one attached hydrogen (secondary N) is 2. The van der Waals surface area contributed by atoms with Crippen LogP contribution >= 0.6 is 15.9 Å². The Balaban J connectivity index is 0.000000648. The van der Waals surface area contributed by atoms with Gasteiger partial charge in [0.05, 0.1) is 5.56 Å². The summed E-state index contributed by atoms with van der Waals surface area (Å²) in [6.45, 7) is 0. The van der Waals surface area contributed by atoms with Crippen molar-refractivity contribution in [3.8, 4) is 0 Å². The second-order valence-corrected chi connectivity index (χ2v) is 5.16. The first-order chi connectivity index (χ1) is 11.3. The zero-order chi connectivity index (χ0) is 18.2. The van der Waals surface area contributed by atoms with Crippen LogP contribution in [0.2, 0.25) is 0 Å². The van der Waals surface area contributed by atoms with E-state index in [-0.39, 0.29) is 5.76 Å². The summed E-state index contributed by atoms with van der Waals surface area (Å²) in [5, 5.41) is 3.01. The highest BCUT2D eigenvalue weighted by molar-refractivity contribution is 9.10. The Kier molecular flexibility index (Phi) is 7.53. The van der Waals surface area contributed by atoms with Gasteiger partial charge in [-0.05, 0) is 30.4 Å². The summed E-state index contributed by atoms with van der Waals surface area (Å²) in [6, 6.07) is 6.55.